The van der Waals surface area contributed by atoms with E-state index in [4.69, 9.17) is 11.6 Å². The van der Waals surface area contributed by atoms with Gasteiger partial charge in [-0.25, -0.2) is 0 Å². The monoisotopic (exact) mass is 467 g/mol. The van der Waals surface area contributed by atoms with E-state index in [1.165, 1.54) is 0 Å². The zero-order valence-corrected chi connectivity index (χ0v) is 15.1. The predicted molar refractivity (Wildman–Crippen MR) is 90.0 cm³/mol. The van der Waals surface area contributed by atoms with Gasteiger partial charge in [-0.15, -0.1) is 0 Å². The van der Waals surface area contributed by atoms with Gasteiger partial charge in [-0.2, -0.15) is 0 Å². The van der Waals surface area contributed by atoms with E-state index < -0.39 is 0 Å². The van der Waals surface area contributed by atoms with Gasteiger partial charge in [0.15, 0.2) is 0 Å². The molecule has 100 valence electrons. The maximum absolute atomic E-state index is 9.65. The van der Waals surface area contributed by atoms with Crippen LogP contribution in [0, 0.1) is 0 Å². The van der Waals surface area contributed by atoms with Crippen molar-refractivity contribution >= 4 is 65.1 Å². The molecule has 6 heteroatoms. The van der Waals surface area contributed by atoms with Crippen molar-refractivity contribution in [1.82, 2.24) is 0 Å². The molecule has 0 spiro atoms. The van der Waals surface area contributed by atoms with Gasteiger partial charge in [-0.1, -0.05) is 11.6 Å². The van der Waals surface area contributed by atoms with Crippen LogP contribution in [0.4, 0.5) is 5.69 Å². The van der Waals surface area contributed by atoms with E-state index in [1.54, 1.807) is 0 Å². The largest absolute Gasteiger partial charge is 0.506 e. The Kier molecular flexibility index (Phi) is 5.17. The number of rotatable bonds is 3. The summed E-state index contributed by atoms with van der Waals surface area (Å²) in [4.78, 5) is 0. The molecule has 19 heavy (non-hydrogen) atoms. The van der Waals surface area contributed by atoms with Crippen molar-refractivity contribution < 1.29 is 5.11 Å². The molecule has 0 fully saturated rings. The van der Waals surface area contributed by atoms with Crippen LogP contribution in [0.2, 0.25) is 5.02 Å². The minimum Gasteiger partial charge on any atom is -0.506 e. The Bertz CT molecular complexity index is 596. The summed E-state index contributed by atoms with van der Waals surface area (Å²) in [5.74, 6) is 0.204. The van der Waals surface area contributed by atoms with Crippen molar-refractivity contribution in [2.45, 2.75) is 6.54 Å². The molecule has 0 aliphatic rings. The number of phenols is 1. The zero-order chi connectivity index (χ0) is 14.0. The van der Waals surface area contributed by atoms with Crippen LogP contribution in [0.3, 0.4) is 0 Å². The molecule has 2 N–H and O–H groups in total. The predicted octanol–water partition coefficient (Wildman–Crippen LogP) is 5.95. The molecule has 0 aliphatic heterocycles. The summed E-state index contributed by atoms with van der Waals surface area (Å²) in [6, 6.07) is 9.44. The topological polar surface area (TPSA) is 32.3 Å². The Morgan fingerprint density at radius 3 is 2.21 bits per heavy atom. The van der Waals surface area contributed by atoms with E-state index in [2.05, 4.69) is 53.1 Å². The molecule has 2 aromatic rings. The van der Waals surface area contributed by atoms with E-state index >= 15 is 0 Å². The van der Waals surface area contributed by atoms with Crippen molar-refractivity contribution in [3.05, 3.63) is 54.3 Å². The van der Waals surface area contributed by atoms with Crippen molar-refractivity contribution in [3.63, 3.8) is 0 Å². The number of nitrogens with one attached hydrogen (secondary N) is 1. The van der Waals surface area contributed by atoms with E-state index in [1.807, 2.05) is 30.3 Å². The first kappa shape index (κ1) is 15.2. The molecule has 0 bridgehead atoms. The standard InChI is InChI=1S/C13H9Br3ClNO/c14-9-2-1-8(5-12(9)17)18-6-7-3-10(15)13(19)11(16)4-7/h1-5,18-19H,6H2. The first-order chi connectivity index (χ1) is 8.97. The molecule has 0 saturated heterocycles. The molecule has 0 amide bonds. The van der Waals surface area contributed by atoms with Gasteiger partial charge in [-0.3, -0.25) is 0 Å². The average molecular weight is 470 g/mol. The minimum absolute atomic E-state index is 0.204. The summed E-state index contributed by atoms with van der Waals surface area (Å²) in [7, 11) is 0. The second-order valence-corrected chi connectivity index (χ2v) is 6.86. The Morgan fingerprint density at radius 1 is 1.00 bits per heavy atom. The lowest BCUT2D eigenvalue weighted by Gasteiger charge is -2.09. The van der Waals surface area contributed by atoms with Crippen molar-refractivity contribution in [2.24, 2.45) is 0 Å². The lowest BCUT2D eigenvalue weighted by atomic mass is 10.2. The minimum atomic E-state index is 0.204. The smallest absolute Gasteiger partial charge is 0.143 e. The van der Waals surface area contributed by atoms with Crippen LogP contribution in [0.25, 0.3) is 0 Å². The van der Waals surface area contributed by atoms with Crippen LogP contribution in [-0.2, 0) is 6.54 Å². The summed E-state index contributed by atoms with van der Waals surface area (Å²) < 4.78 is 2.19. The van der Waals surface area contributed by atoms with Gasteiger partial charge >= 0.3 is 0 Å². The lowest BCUT2D eigenvalue weighted by molar-refractivity contribution is 0.468. The van der Waals surface area contributed by atoms with Crippen molar-refractivity contribution in [3.8, 4) is 5.75 Å². The fraction of sp³-hybridized carbons (Fsp3) is 0.0769. The van der Waals surface area contributed by atoms with Crippen LogP contribution in [0.15, 0.2) is 43.7 Å². The summed E-state index contributed by atoms with van der Waals surface area (Å²) in [5, 5.41) is 13.6. The van der Waals surface area contributed by atoms with Gasteiger partial charge in [0.05, 0.1) is 14.0 Å². The van der Waals surface area contributed by atoms with E-state index in [0.717, 1.165) is 15.7 Å². The summed E-state index contributed by atoms with van der Waals surface area (Å²) in [5.41, 5.74) is 1.98. The molecule has 0 saturated carbocycles. The second kappa shape index (κ2) is 6.48. The van der Waals surface area contributed by atoms with Crippen LogP contribution in [0.5, 0.6) is 5.75 Å². The van der Waals surface area contributed by atoms with E-state index in [0.29, 0.717) is 20.5 Å². The first-order valence-electron chi connectivity index (χ1n) is 5.33. The molecule has 2 rings (SSSR count). The number of halogens is 4. The van der Waals surface area contributed by atoms with Crippen molar-refractivity contribution in [1.29, 1.82) is 0 Å². The van der Waals surface area contributed by atoms with Crippen LogP contribution in [-0.4, -0.2) is 5.11 Å². The molecule has 2 nitrogen and oxygen atoms in total. The molecule has 2 aromatic carbocycles. The van der Waals surface area contributed by atoms with Crippen LogP contribution in [0.1, 0.15) is 5.56 Å². The first-order valence-corrected chi connectivity index (χ1v) is 8.09. The highest BCUT2D eigenvalue weighted by Crippen LogP contribution is 2.33. The molecule has 0 unspecified atom stereocenters. The van der Waals surface area contributed by atoms with Crippen molar-refractivity contribution in [2.75, 3.05) is 5.32 Å². The maximum Gasteiger partial charge on any atom is 0.143 e. The number of phenolic OH excluding ortho intramolecular Hbond substituents is 1. The van der Waals surface area contributed by atoms with Crippen LogP contribution < -0.4 is 5.32 Å². The van der Waals surface area contributed by atoms with Gasteiger partial charge < -0.3 is 10.4 Å². The number of aromatic hydroxyl groups is 1. The Balaban J connectivity index is 2.12. The number of hydrogen-bond donors (Lipinski definition) is 2. The molecule has 0 aromatic heterocycles. The quantitative estimate of drug-likeness (QED) is 0.582. The fourth-order valence-corrected chi connectivity index (χ4v) is 3.24. The third-order valence-corrected chi connectivity index (χ3v) is 4.93. The van der Waals surface area contributed by atoms with Gasteiger partial charge in [-0.05, 0) is 83.7 Å². The number of benzene rings is 2. The van der Waals surface area contributed by atoms with E-state index in [9.17, 15) is 5.11 Å². The Labute approximate surface area is 141 Å². The Hall–Kier alpha value is -0.230. The molecule has 0 heterocycles. The number of hydrogen-bond acceptors (Lipinski definition) is 2. The normalized spacial score (nSPS) is 10.5. The Morgan fingerprint density at radius 2 is 1.63 bits per heavy atom. The van der Waals surface area contributed by atoms with Crippen LogP contribution >= 0.6 is 59.4 Å². The SMILES string of the molecule is Oc1c(Br)cc(CNc2ccc(Br)c(Cl)c2)cc1Br. The van der Waals surface area contributed by atoms with Gasteiger partial charge in [0, 0.05) is 16.7 Å². The molecule has 0 aliphatic carbocycles. The highest BCUT2D eigenvalue weighted by atomic mass is 79.9. The third-order valence-electron chi connectivity index (χ3n) is 2.49. The van der Waals surface area contributed by atoms with E-state index in [-0.39, 0.29) is 5.75 Å². The van der Waals surface area contributed by atoms with Gasteiger partial charge in [0.2, 0.25) is 0 Å². The summed E-state index contributed by atoms with van der Waals surface area (Å²) in [6.45, 7) is 0.634. The average Bonchev–Trinajstić information content (AvgIpc) is 2.37. The molecular formula is C13H9Br3ClNO. The zero-order valence-electron chi connectivity index (χ0n) is 9.55. The summed E-state index contributed by atoms with van der Waals surface area (Å²) in [6.07, 6.45) is 0. The highest BCUT2D eigenvalue weighted by Gasteiger charge is 2.06. The molecule has 0 radical (unpaired) electrons. The molecule has 0 atom stereocenters. The highest BCUT2D eigenvalue weighted by molar-refractivity contribution is 9.11. The number of anilines is 1. The van der Waals surface area contributed by atoms with Gasteiger partial charge in [0.25, 0.3) is 0 Å². The second-order valence-electron chi connectivity index (χ2n) is 3.89. The third kappa shape index (κ3) is 3.88. The molecular weight excluding hydrogens is 461 g/mol. The van der Waals surface area contributed by atoms with Gasteiger partial charge in [0.1, 0.15) is 5.75 Å². The summed E-state index contributed by atoms with van der Waals surface area (Å²) >= 11 is 16.0. The lowest BCUT2D eigenvalue weighted by Crippen LogP contribution is -1.99. The maximum atomic E-state index is 9.65. The fourth-order valence-electron chi connectivity index (χ4n) is 1.53.